The molecule has 0 bridgehead atoms. The van der Waals surface area contributed by atoms with Crippen LogP contribution in [0.1, 0.15) is 44.9 Å². The fraction of sp³-hybridized carbons (Fsp3) is 0.700. The van der Waals surface area contributed by atoms with Gasteiger partial charge in [-0.25, -0.2) is 0 Å². The summed E-state index contributed by atoms with van der Waals surface area (Å²) in [5, 5.41) is 0. The molecular formula is C10H16O. The van der Waals surface area contributed by atoms with Crippen LogP contribution in [0.15, 0.2) is 11.6 Å². The zero-order chi connectivity index (χ0) is 7.94. The quantitative estimate of drug-likeness (QED) is 0.439. The standard InChI is InChI=1S/C10H16O/c11-9-8-10-6-4-2-1-3-5-7-10/h6,9H,1-5,7-8H2/b10-6+. The minimum Gasteiger partial charge on any atom is -0.303 e. The van der Waals surface area contributed by atoms with Crippen molar-refractivity contribution < 1.29 is 4.79 Å². The Balaban J connectivity index is 2.38. The number of carbonyl (C=O) groups excluding carboxylic acids is 1. The molecule has 0 amide bonds. The van der Waals surface area contributed by atoms with E-state index in [-0.39, 0.29) is 0 Å². The lowest BCUT2D eigenvalue weighted by atomic mass is 9.98. The number of hydrogen-bond acceptors (Lipinski definition) is 1. The number of hydrogen-bond donors (Lipinski definition) is 0. The molecule has 1 rings (SSSR count). The molecule has 0 unspecified atom stereocenters. The Morgan fingerprint density at radius 2 is 2.09 bits per heavy atom. The van der Waals surface area contributed by atoms with Crippen molar-refractivity contribution in [3.63, 3.8) is 0 Å². The molecule has 1 heteroatoms. The van der Waals surface area contributed by atoms with E-state index in [1.165, 1.54) is 37.7 Å². The van der Waals surface area contributed by atoms with Crippen molar-refractivity contribution >= 4 is 6.29 Å². The maximum absolute atomic E-state index is 10.2. The minimum absolute atomic E-state index is 0.667. The van der Waals surface area contributed by atoms with E-state index in [4.69, 9.17) is 0 Å². The van der Waals surface area contributed by atoms with Gasteiger partial charge in [0.2, 0.25) is 0 Å². The maximum atomic E-state index is 10.2. The number of aldehydes is 1. The van der Waals surface area contributed by atoms with Crippen molar-refractivity contribution in [2.45, 2.75) is 44.9 Å². The average Bonchev–Trinajstić information content (AvgIpc) is 1.94. The molecule has 0 aliphatic heterocycles. The van der Waals surface area contributed by atoms with Gasteiger partial charge in [0.25, 0.3) is 0 Å². The molecule has 0 spiro atoms. The highest BCUT2D eigenvalue weighted by molar-refractivity contribution is 5.54. The first-order valence-corrected chi connectivity index (χ1v) is 4.55. The summed E-state index contributed by atoms with van der Waals surface area (Å²) >= 11 is 0. The van der Waals surface area contributed by atoms with Gasteiger partial charge in [-0.05, 0) is 25.7 Å². The summed E-state index contributed by atoms with van der Waals surface area (Å²) in [7, 11) is 0. The van der Waals surface area contributed by atoms with Gasteiger partial charge in [-0.3, -0.25) is 0 Å². The predicted molar refractivity (Wildman–Crippen MR) is 46.5 cm³/mol. The van der Waals surface area contributed by atoms with Crippen LogP contribution in [0, 0.1) is 0 Å². The highest BCUT2D eigenvalue weighted by atomic mass is 16.1. The number of rotatable bonds is 2. The third-order valence-corrected chi connectivity index (χ3v) is 2.23. The third-order valence-electron chi connectivity index (χ3n) is 2.23. The molecule has 11 heavy (non-hydrogen) atoms. The van der Waals surface area contributed by atoms with Crippen LogP contribution in [0.3, 0.4) is 0 Å². The summed E-state index contributed by atoms with van der Waals surface area (Å²) in [6.07, 6.45) is 11.6. The largest absolute Gasteiger partial charge is 0.303 e. The minimum atomic E-state index is 0.667. The number of allylic oxidation sites excluding steroid dienone is 2. The summed E-state index contributed by atoms with van der Waals surface area (Å²) in [6, 6.07) is 0. The van der Waals surface area contributed by atoms with E-state index in [0.717, 1.165) is 12.7 Å². The molecule has 0 aromatic heterocycles. The molecule has 0 aromatic carbocycles. The highest BCUT2D eigenvalue weighted by Crippen LogP contribution is 2.18. The summed E-state index contributed by atoms with van der Waals surface area (Å²) in [5.74, 6) is 0. The lowest BCUT2D eigenvalue weighted by molar-refractivity contribution is -0.107. The Hall–Kier alpha value is -0.590. The van der Waals surface area contributed by atoms with E-state index in [9.17, 15) is 4.79 Å². The Morgan fingerprint density at radius 1 is 1.27 bits per heavy atom. The van der Waals surface area contributed by atoms with Crippen molar-refractivity contribution in [1.82, 2.24) is 0 Å². The van der Waals surface area contributed by atoms with Crippen LogP contribution in [-0.4, -0.2) is 6.29 Å². The van der Waals surface area contributed by atoms with Crippen LogP contribution in [-0.2, 0) is 4.79 Å². The van der Waals surface area contributed by atoms with Crippen LogP contribution < -0.4 is 0 Å². The first-order valence-electron chi connectivity index (χ1n) is 4.55. The van der Waals surface area contributed by atoms with Crippen LogP contribution in [0.2, 0.25) is 0 Å². The van der Waals surface area contributed by atoms with Gasteiger partial charge in [-0.1, -0.05) is 24.5 Å². The molecule has 0 saturated carbocycles. The Labute approximate surface area is 68.5 Å². The Bertz CT molecular complexity index is 147. The van der Waals surface area contributed by atoms with Crippen molar-refractivity contribution in [2.75, 3.05) is 0 Å². The van der Waals surface area contributed by atoms with Gasteiger partial charge in [0.05, 0.1) is 0 Å². The molecule has 1 nitrogen and oxygen atoms in total. The maximum Gasteiger partial charge on any atom is 0.124 e. The zero-order valence-corrected chi connectivity index (χ0v) is 7.01. The molecule has 0 fully saturated rings. The van der Waals surface area contributed by atoms with Gasteiger partial charge < -0.3 is 4.79 Å². The molecule has 0 radical (unpaired) electrons. The normalized spacial score (nSPS) is 24.5. The zero-order valence-electron chi connectivity index (χ0n) is 7.01. The molecular weight excluding hydrogens is 136 g/mol. The molecule has 0 atom stereocenters. The molecule has 1 aliphatic rings. The van der Waals surface area contributed by atoms with Gasteiger partial charge in [0.15, 0.2) is 0 Å². The van der Waals surface area contributed by atoms with Gasteiger partial charge in [-0.15, -0.1) is 0 Å². The molecule has 0 aromatic rings. The van der Waals surface area contributed by atoms with Crippen LogP contribution in [0.5, 0.6) is 0 Å². The molecule has 0 N–H and O–H groups in total. The van der Waals surface area contributed by atoms with E-state index in [1.54, 1.807) is 0 Å². The van der Waals surface area contributed by atoms with Gasteiger partial charge >= 0.3 is 0 Å². The van der Waals surface area contributed by atoms with E-state index in [2.05, 4.69) is 6.08 Å². The lowest BCUT2D eigenvalue weighted by Gasteiger charge is -2.07. The second-order valence-corrected chi connectivity index (χ2v) is 3.19. The fourth-order valence-electron chi connectivity index (χ4n) is 1.55. The SMILES string of the molecule is O=CC/C1=C/CCCCCC1. The van der Waals surface area contributed by atoms with E-state index in [1.807, 2.05) is 0 Å². The van der Waals surface area contributed by atoms with Crippen LogP contribution >= 0.6 is 0 Å². The van der Waals surface area contributed by atoms with E-state index in [0.29, 0.717) is 6.42 Å². The summed E-state index contributed by atoms with van der Waals surface area (Å²) in [5.41, 5.74) is 1.36. The van der Waals surface area contributed by atoms with Gasteiger partial charge in [-0.2, -0.15) is 0 Å². The highest BCUT2D eigenvalue weighted by Gasteiger charge is 2.00. The van der Waals surface area contributed by atoms with Gasteiger partial charge in [0.1, 0.15) is 6.29 Å². The van der Waals surface area contributed by atoms with Gasteiger partial charge in [0, 0.05) is 6.42 Å². The topological polar surface area (TPSA) is 17.1 Å². The summed E-state index contributed by atoms with van der Waals surface area (Å²) < 4.78 is 0. The van der Waals surface area contributed by atoms with E-state index < -0.39 is 0 Å². The summed E-state index contributed by atoms with van der Waals surface area (Å²) in [4.78, 5) is 10.2. The second-order valence-electron chi connectivity index (χ2n) is 3.19. The van der Waals surface area contributed by atoms with Crippen molar-refractivity contribution in [3.05, 3.63) is 11.6 Å². The molecule has 62 valence electrons. The fourth-order valence-corrected chi connectivity index (χ4v) is 1.55. The van der Waals surface area contributed by atoms with Crippen molar-refractivity contribution in [2.24, 2.45) is 0 Å². The Kier molecular flexibility index (Phi) is 3.95. The average molecular weight is 152 g/mol. The first kappa shape index (κ1) is 8.51. The van der Waals surface area contributed by atoms with Crippen LogP contribution in [0.25, 0.3) is 0 Å². The Morgan fingerprint density at radius 3 is 2.91 bits per heavy atom. The number of carbonyl (C=O) groups is 1. The summed E-state index contributed by atoms with van der Waals surface area (Å²) in [6.45, 7) is 0. The smallest absolute Gasteiger partial charge is 0.124 e. The first-order chi connectivity index (χ1) is 5.43. The monoisotopic (exact) mass is 152 g/mol. The second kappa shape index (κ2) is 5.11. The van der Waals surface area contributed by atoms with E-state index >= 15 is 0 Å². The van der Waals surface area contributed by atoms with Crippen molar-refractivity contribution in [1.29, 1.82) is 0 Å². The predicted octanol–water partition coefficient (Wildman–Crippen LogP) is 2.86. The lowest BCUT2D eigenvalue weighted by Crippen LogP contribution is -1.90. The molecule has 0 saturated heterocycles. The molecule has 0 heterocycles. The molecule has 1 aliphatic carbocycles. The van der Waals surface area contributed by atoms with Crippen LogP contribution in [0.4, 0.5) is 0 Å². The third kappa shape index (κ3) is 3.35. The van der Waals surface area contributed by atoms with Crippen molar-refractivity contribution in [3.8, 4) is 0 Å².